The minimum atomic E-state index is -0.158. The van der Waals surface area contributed by atoms with Gasteiger partial charge in [0.2, 0.25) is 5.95 Å². The number of anilines is 1. The van der Waals surface area contributed by atoms with Crippen LogP contribution >= 0.6 is 0 Å². The molecule has 0 atom stereocenters. The molecule has 7 heteroatoms. The van der Waals surface area contributed by atoms with E-state index < -0.39 is 0 Å². The molecule has 0 bridgehead atoms. The van der Waals surface area contributed by atoms with Crippen molar-refractivity contribution in [2.24, 2.45) is 0 Å². The summed E-state index contributed by atoms with van der Waals surface area (Å²) < 4.78 is 1.99. The quantitative estimate of drug-likeness (QED) is 0.749. The highest BCUT2D eigenvalue weighted by Crippen LogP contribution is 2.10. The van der Waals surface area contributed by atoms with Crippen molar-refractivity contribution in [2.75, 3.05) is 24.5 Å². The van der Waals surface area contributed by atoms with E-state index in [0.29, 0.717) is 18.2 Å². The van der Waals surface area contributed by atoms with Crippen LogP contribution in [0.5, 0.6) is 0 Å². The van der Waals surface area contributed by atoms with E-state index in [1.807, 2.05) is 36.4 Å². The van der Waals surface area contributed by atoms with Crippen molar-refractivity contribution in [1.29, 1.82) is 0 Å². The van der Waals surface area contributed by atoms with Gasteiger partial charge in [-0.05, 0) is 33.3 Å². The maximum atomic E-state index is 12.3. The number of imidazole rings is 1. The average molecular weight is 316 g/mol. The van der Waals surface area contributed by atoms with E-state index in [1.165, 1.54) is 0 Å². The Labute approximate surface area is 136 Å². The number of carbonyl (C=O) groups excluding carboxylic acids is 1. The summed E-state index contributed by atoms with van der Waals surface area (Å²) >= 11 is 0. The van der Waals surface area contributed by atoms with Crippen molar-refractivity contribution in [3.8, 4) is 0 Å². The van der Waals surface area contributed by atoms with Crippen LogP contribution in [0.1, 0.15) is 36.5 Å². The minimum absolute atomic E-state index is 0.158. The smallest absolute Gasteiger partial charge is 0.270 e. The van der Waals surface area contributed by atoms with Crippen molar-refractivity contribution in [2.45, 2.75) is 33.7 Å². The number of rotatable bonds is 8. The first-order valence-corrected chi connectivity index (χ1v) is 7.98. The van der Waals surface area contributed by atoms with Gasteiger partial charge in [-0.1, -0.05) is 0 Å². The predicted molar refractivity (Wildman–Crippen MR) is 89.5 cm³/mol. The summed E-state index contributed by atoms with van der Waals surface area (Å²) in [7, 11) is 0. The summed E-state index contributed by atoms with van der Waals surface area (Å²) in [5.74, 6) is 0.452. The van der Waals surface area contributed by atoms with Crippen LogP contribution in [-0.2, 0) is 6.54 Å². The standard InChI is InChI=1S/C16H24N6O/c1-4-22(5-2)16-19-13(3)11-14(20-16)15(23)18-7-6-9-21-10-8-17-12-21/h8,10-12H,4-7,9H2,1-3H3,(H,18,23). The van der Waals surface area contributed by atoms with Crippen molar-refractivity contribution >= 4 is 11.9 Å². The van der Waals surface area contributed by atoms with Crippen LogP contribution in [0, 0.1) is 6.92 Å². The molecule has 0 aliphatic rings. The van der Waals surface area contributed by atoms with Crippen LogP contribution in [0.4, 0.5) is 5.95 Å². The minimum Gasteiger partial charge on any atom is -0.351 e. The van der Waals surface area contributed by atoms with E-state index in [1.54, 1.807) is 18.6 Å². The predicted octanol–water partition coefficient (Wildman–Crippen LogP) is 1.65. The number of carbonyl (C=O) groups is 1. The molecule has 7 nitrogen and oxygen atoms in total. The van der Waals surface area contributed by atoms with Gasteiger partial charge in [0.1, 0.15) is 5.69 Å². The lowest BCUT2D eigenvalue weighted by Crippen LogP contribution is -2.29. The van der Waals surface area contributed by atoms with Gasteiger partial charge in [0.05, 0.1) is 6.33 Å². The molecule has 0 fully saturated rings. The van der Waals surface area contributed by atoms with Gasteiger partial charge in [-0.2, -0.15) is 0 Å². The molecule has 2 heterocycles. The van der Waals surface area contributed by atoms with Gasteiger partial charge in [-0.25, -0.2) is 15.0 Å². The molecule has 1 N–H and O–H groups in total. The van der Waals surface area contributed by atoms with Crippen molar-refractivity contribution < 1.29 is 4.79 Å². The monoisotopic (exact) mass is 316 g/mol. The molecule has 0 aliphatic carbocycles. The van der Waals surface area contributed by atoms with E-state index in [-0.39, 0.29) is 5.91 Å². The Morgan fingerprint density at radius 2 is 2.09 bits per heavy atom. The summed E-state index contributed by atoms with van der Waals surface area (Å²) in [6, 6.07) is 1.72. The zero-order chi connectivity index (χ0) is 16.7. The Kier molecular flexibility index (Phi) is 6.08. The van der Waals surface area contributed by atoms with E-state index in [2.05, 4.69) is 20.3 Å². The van der Waals surface area contributed by atoms with Crippen molar-refractivity contribution in [3.63, 3.8) is 0 Å². The molecule has 0 saturated carbocycles. The maximum Gasteiger partial charge on any atom is 0.270 e. The lowest BCUT2D eigenvalue weighted by Gasteiger charge is -2.19. The molecule has 124 valence electrons. The van der Waals surface area contributed by atoms with Gasteiger partial charge < -0.3 is 14.8 Å². The summed E-state index contributed by atoms with van der Waals surface area (Å²) in [5, 5.41) is 2.91. The Morgan fingerprint density at radius 1 is 1.30 bits per heavy atom. The third-order valence-electron chi connectivity index (χ3n) is 3.56. The molecule has 2 aromatic heterocycles. The first-order valence-electron chi connectivity index (χ1n) is 7.98. The summed E-state index contributed by atoms with van der Waals surface area (Å²) in [5.41, 5.74) is 1.22. The van der Waals surface area contributed by atoms with Gasteiger partial charge in [0, 0.05) is 44.3 Å². The Balaban J connectivity index is 1.93. The number of hydrogen-bond acceptors (Lipinski definition) is 5. The normalized spacial score (nSPS) is 10.6. The van der Waals surface area contributed by atoms with Crippen molar-refractivity contribution in [3.05, 3.63) is 36.2 Å². The first-order chi connectivity index (χ1) is 11.1. The second-order valence-electron chi connectivity index (χ2n) is 5.28. The Morgan fingerprint density at radius 3 is 2.74 bits per heavy atom. The Hall–Kier alpha value is -2.44. The van der Waals surface area contributed by atoms with Crippen molar-refractivity contribution in [1.82, 2.24) is 24.8 Å². The number of aryl methyl sites for hydroxylation is 2. The molecule has 0 radical (unpaired) electrons. The topological polar surface area (TPSA) is 75.9 Å². The van der Waals surface area contributed by atoms with Crippen LogP contribution in [0.25, 0.3) is 0 Å². The highest BCUT2D eigenvalue weighted by Gasteiger charge is 2.13. The number of amides is 1. The first kappa shape index (κ1) is 16.9. The fraction of sp³-hybridized carbons (Fsp3) is 0.500. The van der Waals surface area contributed by atoms with Gasteiger partial charge in [0.15, 0.2) is 0 Å². The third kappa shape index (κ3) is 4.77. The molecule has 2 rings (SSSR count). The maximum absolute atomic E-state index is 12.3. The number of aromatic nitrogens is 4. The second kappa shape index (κ2) is 8.26. The number of nitrogens with zero attached hydrogens (tertiary/aromatic N) is 5. The Bertz CT molecular complexity index is 622. The van der Waals surface area contributed by atoms with Crippen LogP contribution < -0.4 is 10.2 Å². The van der Waals surface area contributed by atoms with Gasteiger partial charge in [-0.15, -0.1) is 0 Å². The molecular formula is C16H24N6O. The van der Waals surface area contributed by atoms with Crippen LogP contribution in [0.15, 0.2) is 24.8 Å². The summed E-state index contributed by atoms with van der Waals surface area (Å²) in [6.07, 6.45) is 6.27. The van der Waals surface area contributed by atoms with Gasteiger partial charge >= 0.3 is 0 Å². The fourth-order valence-corrected chi connectivity index (χ4v) is 2.29. The van der Waals surface area contributed by atoms with E-state index >= 15 is 0 Å². The SMILES string of the molecule is CCN(CC)c1nc(C)cc(C(=O)NCCCn2ccnc2)n1. The molecular weight excluding hydrogens is 292 g/mol. The summed E-state index contributed by atoms with van der Waals surface area (Å²) in [4.78, 5) is 27.1. The molecule has 0 saturated heterocycles. The molecule has 0 aromatic carbocycles. The third-order valence-corrected chi connectivity index (χ3v) is 3.56. The van der Waals surface area contributed by atoms with Gasteiger partial charge in [-0.3, -0.25) is 4.79 Å². The molecule has 2 aromatic rings. The van der Waals surface area contributed by atoms with Gasteiger partial charge in [0.25, 0.3) is 5.91 Å². The second-order valence-corrected chi connectivity index (χ2v) is 5.28. The molecule has 1 amide bonds. The summed E-state index contributed by atoms with van der Waals surface area (Å²) in [6.45, 7) is 9.02. The zero-order valence-electron chi connectivity index (χ0n) is 14.0. The highest BCUT2D eigenvalue weighted by molar-refractivity contribution is 5.92. The fourth-order valence-electron chi connectivity index (χ4n) is 2.29. The lowest BCUT2D eigenvalue weighted by atomic mass is 10.3. The molecule has 0 spiro atoms. The number of hydrogen-bond donors (Lipinski definition) is 1. The number of nitrogens with one attached hydrogen (secondary N) is 1. The zero-order valence-corrected chi connectivity index (χ0v) is 14.0. The van der Waals surface area contributed by atoms with Crippen LogP contribution in [0.3, 0.4) is 0 Å². The average Bonchev–Trinajstić information content (AvgIpc) is 3.05. The van der Waals surface area contributed by atoms with Crippen LogP contribution in [-0.4, -0.2) is 45.1 Å². The van der Waals surface area contributed by atoms with E-state index in [0.717, 1.165) is 31.7 Å². The van der Waals surface area contributed by atoms with E-state index in [4.69, 9.17) is 0 Å². The highest BCUT2D eigenvalue weighted by atomic mass is 16.1. The van der Waals surface area contributed by atoms with E-state index in [9.17, 15) is 4.79 Å². The molecule has 0 unspecified atom stereocenters. The lowest BCUT2D eigenvalue weighted by molar-refractivity contribution is 0.0947. The molecule has 0 aliphatic heterocycles. The van der Waals surface area contributed by atoms with Crippen LogP contribution in [0.2, 0.25) is 0 Å². The molecule has 23 heavy (non-hydrogen) atoms. The largest absolute Gasteiger partial charge is 0.351 e.